The zero-order valence-electron chi connectivity index (χ0n) is 9.93. The SMILES string of the molecule is NS(=O)(=O)c1cc(F)cc(NC(=O)C2CCSC2)c1. The van der Waals surface area contributed by atoms with E-state index in [1.165, 1.54) is 0 Å². The lowest BCUT2D eigenvalue weighted by Crippen LogP contribution is -2.22. The molecule has 1 heterocycles. The smallest absolute Gasteiger partial charge is 0.238 e. The molecule has 1 atom stereocenters. The Labute approximate surface area is 114 Å². The van der Waals surface area contributed by atoms with Crippen LogP contribution < -0.4 is 10.5 Å². The van der Waals surface area contributed by atoms with Crippen LogP contribution in [-0.4, -0.2) is 25.8 Å². The second-order valence-corrected chi connectivity index (χ2v) is 6.98. The molecule has 2 rings (SSSR count). The van der Waals surface area contributed by atoms with E-state index in [1.807, 2.05) is 0 Å². The largest absolute Gasteiger partial charge is 0.326 e. The van der Waals surface area contributed by atoms with Crippen LogP contribution in [-0.2, 0) is 14.8 Å². The van der Waals surface area contributed by atoms with Crippen molar-refractivity contribution in [1.29, 1.82) is 0 Å². The maximum atomic E-state index is 13.3. The number of benzene rings is 1. The average Bonchev–Trinajstić information content (AvgIpc) is 2.80. The predicted molar refractivity (Wildman–Crippen MR) is 71.8 cm³/mol. The van der Waals surface area contributed by atoms with E-state index < -0.39 is 15.8 Å². The van der Waals surface area contributed by atoms with Crippen molar-refractivity contribution in [3.8, 4) is 0 Å². The van der Waals surface area contributed by atoms with Gasteiger partial charge in [-0.1, -0.05) is 0 Å². The molecule has 1 aromatic rings. The Morgan fingerprint density at radius 1 is 1.42 bits per heavy atom. The normalized spacial score (nSPS) is 19.4. The van der Waals surface area contributed by atoms with Crippen molar-refractivity contribution in [3.05, 3.63) is 24.0 Å². The summed E-state index contributed by atoms with van der Waals surface area (Å²) >= 11 is 1.68. The van der Waals surface area contributed by atoms with Crippen LogP contribution in [0.5, 0.6) is 0 Å². The first-order chi connectivity index (χ1) is 8.86. The Morgan fingerprint density at radius 3 is 2.74 bits per heavy atom. The van der Waals surface area contributed by atoms with Crippen molar-refractivity contribution >= 4 is 33.4 Å². The minimum Gasteiger partial charge on any atom is -0.326 e. The number of thioether (sulfide) groups is 1. The van der Waals surface area contributed by atoms with E-state index in [0.29, 0.717) is 0 Å². The van der Waals surface area contributed by atoms with Gasteiger partial charge in [0.2, 0.25) is 15.9 Å². The molecule has 0 bridgehead atoms. The first-order valence-corrected chi connectivity index (χ1v) is 8.28. The summed E-state index contributed by atoms with van der Waals surface area (Å²) in [6.45, 7) is 0. The van der Waals surface area contributed by atoms with Gasteiger partial charge in [0, 0.05) is 17.4 Å². The Balaban J connectivity index is 2.20. The number of hydrogen-bond acceptors (Lipinski definition) is 4. The fourth-order valence-electron chi connectivity index (χ4n) is 1.78. The standard InChI is InChI=1S/C11H13FN2O3S2/c12-8-3-9(5-10(4-8)19(13,16)17)14-11(15)7-1-2-18-6-7/h3-5,7H,1-2,6H2,(H,14,15)(H2,13,16,17). The van der Waals surface area contributed by atoms with Crippen LogP contribution in [0.15, 0.2) is 23.1 Å². The number of carbonyl (C=O) groups excluding carboxylic acids is 1. The van der Waals surface area contributed by atoms with Gasteiger partial charge in [-0.15, -0.1) is 0 Å². The summed E-state index contributed by atoms with van der Waals surface area (Å²) in [7, 11) is -4.00. The fraction of sp³-hybridized carbons (Fsp3) is 0.364. The van der Waals surface area contributed by atoms with Gasteiger partial charge in [-0.2, -0.15) is 11.8 Å². The van der Waals surface area contributed by atoms with Crippen molar-refractivity contribution in [3.63, 3.8) is 0 Å². The summed E-state index contributed by atoms with van der Waals surface area (Å²) in [5.41, 5.74) is 0.103. The van der Waals surface area contributed by atoms with Crippen LogP contribution in [0.25, 0.3) is 0 Å². The third kappa shape index (κ3) is 3.68. The molecule has 0 aromatic heterocycles. The van der Waals surface area contributed by atoms with Gasteiger partial charge in [0.1, 0.15) is 5.82 Å². The van der Waals surface area contributed by atoms with Gasteiger partial charge in [0.25, 0.3) is 0 Å². The molecule has 1 saturated heterocycles. The van der Waals surface area contributed by atoms with E-state index in [4.69, 9.17) is 5.14 Å². The summed E-state index contributed by atoms with van der Waals surface area (Å²) in [5.74, 6) is 0.539. The topological polar surface area (TPSA) is 89.3 Å². The van der Waals surface area contributed by atoms with E-state index in [9.17, 15) is 17.6 Å². The third-order valence-corrected chi connectivity index (χ3v) is 4.82. The second-order valence-electron chi connectivity index (χ2n) is 4.27. The molecule has 1 amide bonds. The lowest BCUT2D eigenvalue weighted by atomic mass is 10.1. The molecule has 5 nitrogen and oxygen atoms in total. The van der Waals surface area contributed by atoms with Gasteiger partial charge in [0.15, 0.2) is 0 Å². The van der Waals surface area contributed by atoms with Gasteiger partial charge in [-0.05, 0) is 30.4 Å². The molecular formula is C11H13FN2O3S2. The maximum Gasteiger partial charge on any atom is 0.238 e. The molecular weight excluding hydrogens is 291 g/mol. The zero-order chi connectivity index (χ0) is 14.0. The van der Waals surface area contributed by atoms with Crippen molar-refractivity contribution < 1.29 is 17.6 Å². The number of halogens is 1. The number of sulfonamides is 1. The number of primary sulfonamides is 1. The number of amides is 1. The highest BCUT2D eigenvalue weighted by atomic mass is 32.2. The van der Waals surface area contributed by atoms with Crippen LogP contribution >= 0.6 is 11.8 Å². The molecule has 8 heteroatoms. The van der Waals surface area contributed by atoms with Gasteiger partial charge >= 0.3 is 0 Å². The molecule has 104 valence electrons. The Bertz CT molecular complexity index is 598. The van der Waals surface area contributed by atoms with Gasteiger partial charge in [-0.25, -0.2) is 17.9 Å². The van der Waals surface area contributed by atoms with Crippen LogP contribution in [0.4, 0.5) is 10.1 Å². The fourth-order valence-corrected chi connectivity index (χ4v) is 3.57. The average molecular weight is 304 g/mol. The van der Waals surface area contributed by atoms with Crippen molar-refractivity contribution in [2.45, 2.75) is 11.3 Å². The first-order valence-electron chi connectivity index (χ1n) is 5.58. The highest BCUT2D eigenvalue weighted by molar-refractivity contribution is 7.99. The Morgan fingerprint density at radius 2 is 2.16 bits per heavy atom. The highest BCUT2D eigenvalue weighted by Crippen LogP contribution is 2.25. The molecule has 1 aliphatic rings. The number of nitrogens with one attached hydrogen (secondary N) is 1. The lowest BCUT2D eigenvalue weighted by Gasteiger charge is -2.10. The third-order valence-electron chi connectivity index (χ3n) is 2.77. The first kappa shape index (κ1) is 14.3. The molecule has 0 spiro atoms. The van der Waals surface area contributed by atoms with Gasteiger partial charge in [-0.3, -0.25) is 4.79 Å². The minimum absolute atomic E-state index is 0.103. The zero-order valence-corrected chi connectivity index (χ0v) is 11.6. The molecule has 0 aliphatic carbocycles. The maximum absolute atomic E-state index is 13.3. The molecule has 1 aromatic carbocycles. The summed E-state index contributed by atoms with van der Waals surface area (Å²) in [5, 5.41) is 7.46. The molecule has 3 N–H and O–H groups in total. The Hall–Kier alpha value is -1.12. The van der Waals surface area contributed by atoms with Gasteiger partial charge in [0.05, 0.1) is 4.90 Å². The van der Waals surface area contributed by atoms with E-state index in [1.54, 1.807) is 11.8 Å². The van der Waals surface area contributed by atoms with E-state index in [-0.39, 0.29) is 22.4 Å². The number of rotatable bonds is 3. The van der Waals surface area contributed by atoms with E-state index >= 15 is 0 Å². The van der Waals surface area contributed by atoms with Crippen LogP contribution in [0.2, 0.25) is 0 Å². The van der Waals surface area contributed by atoms with Crippen molar-refractivity contribution in [2.24, 2.45) is 11.1 Å². The molecule has 1 fully saturated rings. The highest BCUT2D eigenvalue weighted by Gasteiger charge is 2.23. The summed E-state index contributed by atoms with van der Waals surface area (Å²) in [4.78, 5) is 11.5. The van der Waals surface area contributed by atoms with Crippen molar-refractivity contribution in [1.82, 2.24) is 0 Å². The molecule has 19 heavy (non-hydrogen) atoms. The molecule has 0 saturated carbocycles. The monoisotopic (exact) mass is 304 g/mol. The summed E-state index contributed by atoms with van der Waals surface area (Å²) in [6, 6.07) is 3.03. The predicted octanol–water partition coefficient (Wildman–Crippen LogP) is 1.16. The number of anilines is 1. The van der Waals surface area contributed by atoms with E-state index in [2.05, 4.69) is 5.32 Å². The molecule has 1 unspecified atom stereocenters. The quantitative estimate of drug-likeness (QED) is 0.877. The molecule has 0 radical (unpaired) electrons. The molecule has 1 aliphatic heterocycles. The van der Waals surface area contributed by atoms with Crippen LogP contribution in [0, 0.1) is 11.7 Å². The number of carbonyl (C=O) groups is 1. The summed E-state index contributed by atoms with van der Waals surface area (Å²) in [6.07, 6.45) is 0.772. The number of nitrogens with two attached hydrogens (primary N) is 1. The lowest BCUT2D eigenvalue weighted by molar-refractivity contribution is -0.119. The second kappa shape index (κ2) is 5.48. The number of hydrogen-bond donors (Lipinski definition) is 2. The van der Waals surface area contributed by atoms with Crippen LogP contribution in [0.1, 0.15) is 6.42 Å². The van der Waals surface area contributed by atoms with Crippen molar-refractivity contribution in [2.75, 3.05) is 16.8 Å². The minimum atomic E-state index is -4.00. The van der Waals surface area contributed by atoms with E-state index in [0.717, 1.165) is 36.1 Å². The Kier molecular flexibility index (Phi) is 4.12. The van der Waals surface area contributed by atoms with Gasteiger partial charge < -0.3 is 5.32 Å². The summed E-state index contributed by atoms with van der Waals surface area (Å²) < 4.78 is 35.7. The van der Waals surface area contributed by atoms with Crippen LogP contribution in [0.3, 0.4) is 0 Å².